The maximum Gasteiger partial charge on any atom is 0.277 e. The van der Waals surface area contributed by atoms with Crippen LogP contribution in [0.4, 0.5) is 0 Å². The zero-order valence-corrected chi connectivity index (χ0v) is 14.5. The van der Waals surface area contributed by atoms with Gasteiger partial charge in [-0.15, -0.1) is 11.3 Å². The van der Waals surface area contributed by atoms with E-state index in [4.69, 9.17) is 0 Å². The van der Waals surface area contributed by atoms with E-state index >= 15 is 0 Å². The first-order chi connectivity index (χ1) is 11.6. The summed E-state index contributed by atoms with van der Waals surface area (Å²) in [7, 11) is 1.54. The highest BCUT2D eigenvalue weighted by atomic mass is 32.1. The molecule has 0 spiro atoms. The SMILES string of the molecule is CCN(CCc1ccncc1)C1=C(c2cccs2)C(=O)N(C)C1=O. The van der Waals surface area contributed by atoms with Crippen molar-refractivity contribution in [2.45, 2.75) is 13.3 Å². The molecule has 0 aromatic carbocycles. The van der Waals surface area contributed by atoms with Crippen LogP contribution >= 0.6 is 11.3 Å². The minimum absolute atomic E-state index is 0.222. The Morgan fingerprint density at radius 2 is 1.92 bits per heavy atom. The lowest BCUT2D eigenvalue weighted by Crippen LogP contribution is -2.33. The van der Waals surface area contributed by atoms with Gasteiger partial charge in [0.05, 0.1) is 5.57 Å². The molecule has 0 unspecified atom stereocenters. The number of hydrogen-bond donors (Lipinski definition) is 0. The van der Waals surface area contributed by atoms with Crippen molar-refractivity contribution in [3.05, 3.63) is 58.2 Å². The molecule has 24 heavy (non-hydrogen) atoms. The van der Waals surface area contributed by atoms with Gasteiger partial charge < -0.3 is 4.90 Å². The number of carbonyl (C=O) groups excluding carboxylic acids is 2. The smallest absolute Gasteiger partial charge is 0.277 e. The number of nitrogens with zero attached hydrogens (tertiary/aromatic N) is 3. The van der Waals surface area contributed by atoms with Crippen LogP contribution in [-0.4, -0.2) is 46.7 Å². The van der Waals surface area contributed by atoms with Gasteiger partial charge >= 0.3 is 0 Å². The first-order valence-electron chi connectivity index (χ1n) is 7.87. The molecular weight excluding hydrogens is 322 g/mol. The molecule has 2 aromatic rings. The highest BCUT2D eigenvalue weighted by molar-refractivity contribution is 7.11. The van der Waals surface area contributed by atoms with Crippen molar-refractivity contribution in [2.24, 2.45) is 0 Å². The van der Waals surface area contributed by atoms with Crippen molar-refractivity contribution in [2.75, 3.05) is 20.1 Å². The largest absolute Gasteiger partial charge is 0.366 e. The van der Waals surface area contributed by atoms with Crippen LogP contribution in [0, 0.1) is 0 Å². The molecule has 0 radical (unpaired) electrons. The van der Waals surface area contributed by atoms with Gasteiger partial charge in [0.2, 0.25) is 0 Å². The average molecular weight is 341 g/mol. The van der Waals surface area contributed by atoms with Gasteiger partial charge in [-0.2, -0.15) is 0 Å². The maximum absolute atomic E-state index is 12.6. The van der Waals surface area contributed by atoms with Gasteiger partial charge in [0.15, 0.2) is 0 Å². The van der Waals surface area contributed by atoms with Gasteiger partial charge in [0, 0.05) is 37.4 Å². The number of hydrogen-bond acceptors (Lipinski definition) is 5. The van der Waals surface area contributed by atoms with Gasteiger partial charge in [-0.05, 0) is 42.5 Å². The Kier molecular flexibility index (Phi) is 4.76. The molecular formula is C18H19N3O2S. The zero-order chi connectivity index (χ0) is 17.1. The molecule has 3 heterocycles. The lowest BCUT2D eigenvalue weighted by Gasteiger charge is -2.24. The molecule has 0 bridgehead atoms. The van der Waals surface area contributed by atoms with Crippen LogP contribution in [0.15, 0.2) is 47.7 Å². The zero-order valence-electron chi connectivity index (χ0n) is 13.7. The second-order valence-electron chi connectivity index (χ2n) is 5.56. The van der Waals surface area contributed by atoms with Crippen LogP contribution in [0.1, 0.15) is 17.4 Å². The van der Waals surface area contributed by atoms with Crippen molar-refractivity contribution in [1.29, 1.82) is 0 Å². The number of imide groups is 1. The fourth-order valence-electron chi connectivity index (χ4n) is 2.80. The molecule has 124 valence electrons. The highest BCUT2D eigenvalue weighted by Crippen LogP contribution is 2.33. The summed E-state index contributed by atoms with van der Waals surface area (Å²) in [5.74, 6) is -0.445. The summed E-state index contributed by atoms with van der Waals surface area (Å²) in [6.45, 7) is 3.35. The second kappa shape index (κ2) is 6.97. The summed E-state index contributed by atoms with van der Waals surface area (Å²) in [6, 6.07) is 7.72. The summed E-state index contributed by atoms with van der Waals surface area (Å²) in [4.78, 5) is 33.2. The molecule has 0 N–H and O–H groups in total. The van der Waals surface area contributed by atoms with Gasteiger partial charge in [0.1, 0.15) is 5.70 Å². The van der Waals surface area contributed by atoms with Crippen LogP contribution in [-0.2, 0) is 16.0 Å². The molecule has 6 heteroatoms. The monoisotopic (exact) mass is 341 g/mol. The Balaban J connectivity index is 1.92. The lowest BCUT2D eigenvalue weighted by molar-refractivity contribution is -0.135. The molecule has 0 atom stereocenters. The lowest BCUT2D eigenvalue weighted by atomic mass is 10.1. The molecule has 2 aromatic heterocycles. The third kappa shape index (κ3) is 2.97. The Morgan fingerprint density at radius 1 is 1.17 bits per heavy atom. The van der Waals surface area contributed by atoms with Crippen molar-refractivity contribution in [3.63, 3.8) is 0 Å². The van der Waals surface area contributed by atoms with Crippen molar-refractivity contribution in [1.82, 2.24) is 14.8 Å². The van der Waals surface area contributed by atoms with E-state index in [0.717, 1.165) is 16.9 Å². The molecule has 2 amide bonds. The summed E-state index contributed by atoms with van der Waals surface area (Å²) >= 11 is 1.48. The number of pyridine rings is 1. The van der Waals surface area contributed by atoms with E-state index in [2.05, 4.69) is 4.98 Å². The number of amides is 2. The predicted molar refractivity (Wildman–Crippen MR) is 94.2 cm³/mol. The predicted octanol–water partition coefficient (Wildman–Crippen LogP) is 2.42. The fraction of sp³-hybridized carbons (Fsp3) is 0.278. The highest BCUT2D eigenvalue weighted by Gasteiger charge is 2.39. The van der Waals surface area contributed by atoms with E-state index in [-0.39, 0.29) is 11.8 Å². The molecule has 0 saturated heterocycles. The van der Waals surface area contributed by atoms with E-state index in [1.54, 1.807) is 19.4 Å². The maximum atomic E-state index is 12.6. The van der Waals surface area contributed by atoms with Crippen LogP contribution in [0.25, 0.3) is 5.57 Å². The van der Waals surface area contributed by atoms with Crippen molar-refractivity contribution < 1.29 is 9.59 Å². The van der Waals surface area contributed by atoms with Gasteiger partial charge in [-0.25, -0.2) is 0 Å². The fourth-order valence-corrected chi connectivity index (χ4v) is 3.57. The molecule has 0 fully saturated rings. The van der Waals surface area contributed by atoms with Gasteiger partial charge in [0.25, 0.3) is 11.8 Å². The third-order valence-electron chi connectivity index (χ3n) is 4.15. The molecule has 1 aliphatic rings. The molecule has 1 aliphatic heterocycles. The van der Waals surface area contributed by atoms with Crippen molar-refractivity contribution >= 4 is 28.7 Å². The van der Waals surface area contributed by atoms with E-state index in [9.17, 15) is 9.59 Å². The number of likely N-dealkylation sites (N-methyl/N-ethyl adjacent to an activating group) is 2. The molecule has 0 aliphatic carbocycles. The minimum Gasteiger partial charge on any atom is -0.366 e. The van der Waals surface area contributed by atoms with Gasteiger partial charge in [-0.1, -0.05) is 6.07 Å². The third-order valence-corrected chi connectivity index (χ3v) is 5.04. The van der Waals surface area contributed by atoms with E-state index in [1.165, 1.54) is 16.2 Å². The van der Waals surface area contributed by atoms with E-state index in [1.807, 2.05) is 41.5 Å². The van der Waals surface area contributed by atoms with Crippen molar-refractivity contribution in [3.8, 4) is 0 Å². The summed E-state index contributed by atoms with van der Waals surface area (Å²) in [5, 5.41) is 1.92. The quantitative estimate of drug-likeness (QED) is 0.757. The Morgan fingerprint density at radius 3 is 2.54 bits per heavy atom. The number of carbonyl (C=O) groups is 2. The number of rotatable bonds is 6. The number of thiophene rings is 1. The summed E-state index contributed by atoms with van der Waals surface area (Å²) in [5.41, 5.74) is 2.20. The Bertz CT molecular complexity index is 769. The second-order valence-corrected chi connectivity index (χ2v) is 6.50. The van der Waals surface area contributed by atoms with Crippen LogP contribution in [0.3, 0.4) is 0 Å². The minimum atomic E-state index is -0.222. The molecule has 0 saturated carbocycles. The first-order valence-corrected chi connectivity index (χ1v) is 8.75. The molecule has 3 rings (SSSR count). The van der Waals surface area contributed by atoms with E-state index in [0.29, 0.717) is 24.4 Å². The summed E-state index contributed by atoms with van der Waals surface area (Å²) < 4.78 is 0. The topological polar surface area (TPSA) is 53.5 Å². The van der Waals surface area contributed by atoms with Crippen LogP contribution in [0.2, 0.25) is 0 Å². The first kappa shape index (κ1) is 16.4. The normalized spacial score (nSPS) is 14.7. The Hall–Kier alpha value is -2.47. The van der Waals surface area contributed by atoms with E-state index < -0.39 is 0 Å². The Labute approximate surface area is 145 Å². The van der Waals surface area contributed by atoms with Gasteiger partial charge in [-0.3, -0.25) is 19.5 Å². The number of aromatic nitrogens is 1. The molecule has 5 nitrogen and oxygen atoms in total. The van der Waals surface area contributed by atoms with Crippen LogP contribution in [0.5, 0.6) is 0 Å². The standard InChI is InChI=1S/C18H19N3O2S/c1-3-21(11-8-13-6-9-19-10-7-13)16-15(14-5-4-12-24-14)17(22)20(2)18(16)23/h4-7,9-10,12H,3,8,11H2,1-2H3. The van der Waals surface area contributed by atoms with Crippen LogP contribution < -0.4 is 0 Å². The summed E-state index contributed by atoms with van der Waals surface area (Å²) in [6.07, 6.45) is 4.32. The average Bonchev–Trinajstić information content (AvgIpc) is 3.20.